The Kier molecular flexibility index (Phi) is 14.5. The molecule has 0 radical (unpaired) electrons. The minimum atomic E-state index is -0.359. The molecule has 5 heteroatoms. The number of aromatic hydroxyl groups is 1. The summed E-state index contributed by atoms with van der Waals surface area (Å²) in [6.07, 6.45) is 2.79. The molecule has 11 aromatic rings. The first-order valence-electron chi connectivity index (χ1n) is 26.5. The number of pyridine rings is 1. The van der Waals surface area contributed by atoms with Crippen molar-refractivity contribution < 1.29 is 26.2 Å². The predicted molar refractivity (Wildman–Crippen MR) is 317 cm³/mol. The largest absolute Gasteiger partial charge is 0.507 e. The van der Waals surface area contributed by atoms with Gasteiger partial charge in [-0.25, -0.2) is 4.98 Å². The third kappa shape index (κ3) is 10.7. The van der Waals surface area contributed by atoms with Gasteiger partial charge in [-0.3, -0.25) is 9.55 Å². The zero-order chi connectivity index (χ0) is 52.8. The zero-order valence-electron chi connectivity index (χ0n) is 45.2. The van der Waals surface area contributed by atoms with E-state index in [4.69, 9.17) is 9.97 Å². The Balaban J connectivity index is 0.00000672. The molecule has 0 amide bonds. The topological polar surface area (TPSA) is 50.9 Å². The van der Waals surface area contributed by atoms with Crippen molar-refractivity contribution in [1.82, 2.24) is 14.5 Å². The Labute approximate surface area is 469 Å². The fraction of sp³-hybridized carbons (Fsp3) is 0.167. The Morgan fingerprint density at radius 1 is 0.455 bits per heavy atom. The number of benzene rings is 9. The maximum absolute atomic E-state index is 12.8. The number of phenolic OH excluding ortho intramolecular Hbond substituents is 1. The van der Waals surface area contributed by atoms with Crippen molar-refractivity contribution in [1.29, 1.82) is 0 Å². The number of phenols is 1. The molecule has 0 spiro atoms. The minimum absolute atomic E-state index is 0. The second kappa shape index (κ2) is 21.3. The zero-order valence-corrected chi connectivity index (χ0v) is 47.4. The molecule has 77 heavy (non-hydrogen) atoms. The quantitative estimate of drug-likeness (QED) is 0.131. The maximum Gasteiger partial charge on any atom is 0.148 e. The van der Waals surface area contributed by atoms with Crippen molar-refractivity contribution in [2.45, 2.75) is 78.1 Å². The van der Waals surface area contributed by atoms with Crippen LogP contribution in [0.25, 0.3) is 83.9 Å². The minimum Gasteiger partial charge on any atom is -0.507 e. The van der Waals surface area contributed by atoms with Crippen LogP contribution >= 0.6 is 0 Å². The van der Waals surface area contributed by atoms with Crippen molar-refractivity contribution in [3.05, 3.63) is 264 Å². The number of hydrogen-bond donors (Lipinski definition) is 1. The van der Waals surface area contributed by atoms with E-state index in [1.165, 1.54) is 22.3 Å². The van der Waals surface area contributed by atoms with E-state index in [-0.39, 0.29) is 43.1 Å². The predicted octanol–water partition coefficient (Wildman–Crippen LogP) is 18.4. The fourth-order valence-corrected chi connectivity index (χ4v) is 10.6. The van der Waals surface area contributed by atoms with E-state index < -0.39 is 0 Å². The van der Waals surface area contributed by atoms with Crippen LogP contribution in [-0.2, 0) is 43.7 Å². The molecule has 0 aliphatic carbocycles. The van der Waals surface area contributed by atoms with Gasteiger partial charge in [0.2, 0.25) is 0 Å². The SMILES string of the molecule is CC(C)(C)c1cc(-c2nc3c(-c4[c-]c(-c5cc(-c6ccc(Cc7ccccc7)cc6)ccn5)cc(-c5ccccc5)c4)cccc3n2-c2ccc(C(C)(C)c3ccccc3)cc2-c2ccccc2)c(O)c(C(C)(C)C)c1.[Pt]. The van der Waals surface area contributed by atoms with Crippen molar-refractivity contribution in [2.24, 2.45) is 0 Å². The summed E-state index contributed by atoms with van der Waals surface area (Å²) in [5.41, 5.74) is 19.5. The molecule has 9 aromatic carbocycles. The maximum atomic E-state index is 12.8. The van der Waals surface area contributed by atoms with Crippen LogP contribution in [0.1, 0.15) is 88.8 Å². The van der Waals surface area contributed by atoms with Crippen molar-refractivity contribution in [3.63, 3.8) is 0 Å². The Morgan fingerprint density at radius 2 is 1.05 bits per heavy atom. The van der Waals surface area contributed by atoms with Gasteiger partial charge < -0.3 is 5.11 Å². The van der Waals surface area contributed by atoms with E-state index >= 15 is 0 Å². The first-order chi connectivity index (χ1) is 36.6. The van der Waals surface area contributed by atoms with Crippen LogP contribution in [-0.4, -0.2) is 19.6 Å². The second-order valence-electron chi connectivity index (χ2n) is 22.8. The van der Waals surface area contributed by atoms with Crippen LogP contribution in [0.15, 0.2) is 225 Å². The van der Waals surface area contributed by atoms with E-state index in [0.29, 0.717) is 11.4 Å². The van der Waals surface area contributed by atoms with Gasteiger partial charge in [0.1, 0.15) is 11.6 Å². The van der Waals surface area contributed by atoms with E-state index in [9.17, 15) is 5.11 Å². The molecular weight excluding hydrogens is 1120 g/mol. The average Bonchev–Trinajstić information content (AvgIpc) is 3.84. The van der Waals surface area contributed by atoms with Crippen LogP contribution in [0, 0.1) is 6.07 Å². The molecule has 4 nitrogen and oxygen atoms in total. The summed E-state index contributed by atoms with van der Waals surface area (Å²) < 4.78 is 2.28. The fourth-order valence-electron chi connectivity index (χ4n) is 10.6. The first kappa shape index (κ1) is 52.5. The molecule has 0 fully saturated rings. The summed E-state index contributed by atoms with van der Waals surface area (Å²) in [4.78, 5) is 10.8. The summed E-state index contributed by atoms with van der Waals surface area (Å²) in [5.74, 6) is 0.894. The van der Waals surface area contributed by atoms with Gasteiger partial charge in [-0.2, -0.15) is 0 Å². The Bertz CT molecular complexity index is 3870. The third-order valence-corrected chi connectivity index (χ3v) is 15.1. The smallest absolute Gasteiger partial charge is 0.148 e. The average molecular weight is 1180 g/mol. The van der Waals surface area contributed by atoms with Gasteiger partial charge in [0.25, 0.3) is 0 Å². The van der Waals surface area contributed by atoms with Crippen molar-refractivity contribution in [2.75, 3.05) is 0 Å². The molecule has 1 N–H and O–H groups in total. The van der Waals surface area contributed by atoms with Crippen LogP contribution in [0.3, 0.4) is 0 Å². The van der Waals surface area contributed by atoms with Gasteiger partial charge in [-0.15, -0.1) is 23.8 Å². The summed E-state index contributed by atoms with van der Waals surface area (Å²) in [6.45, 7) is 17.8. The molecule has 0 saturated carbocycles. The summed E-state index contributed by atoms with van der Waals surface area (Å²) in [5, 5.41) is 12.8. The molecule has 0 aliphatic heterocycles. The summed E-state index contributed by atoms with van der Waals surface area (Å²) >= 11 is 0. The van der Waals surface area contributed by atoms with Gasteiger partial charge in [0.15, 0.2) is 0 Å². The molecule has 0 atom stereocenters. The normalized spacial score (nSPS) is 11.9. The number of aromatic nitrogens is 3. The third-order valence-electron chi connectivity index (χ3n) is 15.1. The second-order valence-corrected chi connectivity index (χ2v) is 22.8. The number of nitrogens with zero attached hydrogens (tertiary/aromatic N) is 3. The Hall–Kier alpha value is -7.91. The molecule has 0 bridgehead atoms. The summed E-state index contributed by atoms with van der Waals surface area (Å²) in [6, 6.07) is 81.6. The number of imidazole rings is 1. The van der Waals surface area contributed by atoms with Crippen LogP contribution in [0.2, 0.25) is 0 Å². The molecule has 384 valence electrons. The van der Waals surface area contributed by atoms with Gasteiger partial charge in [-0.1, -0.05) is 248 Å². The van der Waals surface area contributed by atoms with E-state index in [2.05, 4.69) is 284 Å². The summed E-state index contributed by atoms with van der Waals surface area (Å²) in [7, 11) is 0. The van der Waals surface area contributed by atoms with Crippen LogP contribution in [0.5, 0.6) is 5.75 Å². The standard InChI is InChI=1S/C72H64N3O.Pt/c1-70(2,3)59-46-62(68(76)63(47-59)71(4,5)6)69-74-67-60(30-21-31-66(67)75(69)65-37-36-58(45-61(65)52-26-17-11-18-27-52)72(7,8)57-28-19-12-20-29-57)55-41-54(50-24-15-10-16-25-50)42-56(43-55)64-44-53(38-39-73-64)51-34-32-49(33-35-51)40-48-22-13-9-14-23-48;/h9-39,41-42,44-47,76H,40H2,1-8H3;/q-1;. The number of para-hydroxylation sites is 1. The van der Waals surface area contributed by atoms with Gasteiger partial charge in [0.05, 0.1) is 22.3 Å². The van der Waals surface area contributed by atoms with E-state index in [0.717, 1.165) is 90.0 Å². The molecule has 0 aliphatic rings. The van der Waals surface area contributed by atoms with Crippen LogP contribution in [0.4, 0.5) is 0 Å². The van der Waals surface area contributed by atoms with Crippen molar-refractivity contribution in [3.8, 4) is 78.6 Å². The Morgan fingerprint density at radius 3 is 1.71 bits per heavy atom. The number of fused-ring (bicyclic) bond motifs is 1. The van der Waals surface area contributed by atoms with Gasteiger partial charge >= 0.3 is 0 Å². The molecule has 0 saturated heterocycles. The van der Waals surface area contributed by atoms with Gasteiger partial charge in [0, 0.05) is 49.5 Å². The molecule has 2 heterocycles. The molecular formula is C72H64N3OPt-. The van der Waals surface area contributed by atoms with Crippen molar-refractivity contribution >= 4 is 11.0 Å². The molecule has 2 aromatic heterocycles. The monoisotopic (exact) mass is 1180 g/mol. The van der Waals surface area contributed by atoms with E-state index in [1.54, 1.807) is 0 Å². The van der Waals surface area contributed by atoms with Gasteiger partial charge in [-0.05, 0) is 97.7 Å². The first-order valence-corrected chi connectivity index (χ1v) is 26.5. The number of hydrogen-bond acceptors (Lipinski definition) is 3. The van der Waals surface area contributed by atoms with Crippen LogP contribution < -0.4 is 0 Å². The number of rotatable bonds is 11. The molecule has 11 rings (SSSR count). The molecule has 0 unspecified atom stereocenters. The van der Waals surface area contributed by atoms with E-state index in [1.807, 2.05) is 6.20 Å².